The van der Waals surface area contributed by atoms with Gasteiger partial charge < -0.3 is 9.47 Å². The summed E-state index contributed by atoms with van der Waals surface area (Å²) in [5.74, 6) is 0.575. The number of amides is 1. The van der Waals surface area contributed by atoms with Gasteiger partial charge in [0.2, 0.25) is 5.91 Å². The highest BCUT2D eigenvalue weighted by Crippen LogP contribution is 2.31. The zero-order valence-electron chi connectivity index (χ0n) is 17.4. The Morgan fingerprint density at radius 1 is 1.03 bits per heavy atom. The zero-order valence-corrected chi connectivity index (χ0v) is 18.3. The quantitative estimate of drug-likeness (QED) is 0.322. The van der Waals surface area contributed by atoms with Gasteiger partial charge in [0.05, 0.1) is 19.9 Å². The maximum absolute atomic E-state index is 12.4. The number of nitrogens with one attached hydrogen (secondary N) is 1. The van der Waals surface area contributed by atoms with Gasteiger partial charge in [-0.15, -0.1) is 11.3 Å². The molecule has 1 aromatic heterocycles. The molecule has 1 N–H and O–H groups in total. The Kier molecular flexibility index (Phi) is 6.84. The van der Waals surface area contributed by atoms with E-state index in [2.05, 4.69) is 22.7 Å². The minimum atomic E-state index is -0.305. The maximum atomic E-state index is 12.4. The van der Waals surface area contributed by atoms with Crippen LogP contribution in [0, 0.1) is 6.92 Å². The lowest BCUT2D eigenvalue weighted by Gasteiger charge is -2.09. The van der Waals surface area contributed by atoms with E-state index in [0.717, 1.165) is 21.5 Å². The van der Waals surface area contributed by atoms with Crippen molar-refractivity contribution in [2.24, 2.45) is 5.10 Å². The number of Topliss-reactive ketones (excluding diaryl/α,β-unsaturated/α-hetero) is 1. The van der Waals surface area contributed by atoms with Crippen LogP contribution in [-0.2, 0) is 4.79 Å². The van der Waals surface area contributed by atoms with Gasteiger partial charge in [0.25, 0.3) is 0 Å². The van der Waals surface area contributed by atoms with E-state index in [1.54, 1.807) is 29.5 Å². The van der Waals surface area contributed by atoms with Crippen molar-refractivity contribution in [3.05, 3.63) is 58.5 Å². The number of rotatable bonds is 8. The number of methoxy groups -OCH3 is 2. The number of fused-ring (bicyclic) bond motifs is 1. The average Bonchev–Trinajstić information content (AvgIpc) is 3.10. The second-order valence-corrected chi connectivity index (χ2v) is 8.01. The van der Waals surface area contributed by atoms with Crippen molar-refractivity contribution >= 4 is 38.8 Å². The number of nitrogens with zero attached hydrogens (tertiary/aromatic N) is 1. The number of carbonyl (C=O) groups is 2. The Morgan fingerprint density at radius 2 is 1.77 bits per heavy atom. The summed E-state index contributed by atoms with van der Waals surface area (Å²) in [6.45, 7) is 3.92. The number of ketones is 1. The van der Waals surface area contributed by atoms with Crippen LogP contribution in [0.4, 0.5) is 0 Å². The normalized spacial score (nSPS) is 11.4. The van der Waals surface area contributed by atoms with Crippen LogP contribution in [0.25, 0.3) is 10.1 Å². The first-order chi connectivity index (χ1) is 14.4. The first-order valence-electron chi connectivity index (χ1n) is 9.51. The van der Waals surface area contributed by atoms with Crippen LogP contribution in [-0.4, -0.2) is 31.6 Å². The van der Waals surface area contributed by atoms with Crippen molar-refractivity contribution in [3.63, 3.8) is 0 Å². The predicted molar refractivity (Wildman–Crippen MR) is 120 cm³/mol. The molecule has 0 bridgehead atoms. The third kappa shape index (κ3) is 4.68. The van der Waals surface area contributed by atoms with Crippen LogP contribution in [0.5, 0.6) is 11.5 Å². The fourth-order valence-electron chi connectivity index (χ4n) is 3.26. The first-order valence-corrected chi connectivity index (χ1v) is 10.3. The van der Waals surface area contributed by atoms with Gasteiger partial charge in [-0.1, -0.05) is 18.2 Å². The Bertz CT molecular complexity index is 1120. The van der Waals surface area contributed by atoms with Gasteiger partial charge in [-0.05, 0) is 38.1 Å². The van der Waals surface area contributed by atoms with Gasteiger partial charge in [-0.3, -0.25) is 9.59 Å². The van der Waals surface area contributed by atoms with E-state index in [1.807, 2.05) is 26.0 Å². The Morgan fingerprint density at radius 3 is 2.50 bits per heavy atom. The van der Waals surface area contributed by atoms with Crippen molar-refractivity contribution in [1.82, 2.24) is 5.43 Å². The smallest absolute Gasteiger partial charge is 0.240 e. The number of thiophene rings is 1. The second-order valence-electron chi connectivity index (χ2n) is 6.75. The minimum absolute atomic E-state index is 0.0489. The molecule has 3 aromatic rings. The fraction of sp³-hybridized carbons (Fsp3) is 0.261. The Hall–Kier alpha value is -3.19. The predicted octanol–water partition coefficient (Wildman–Crippen LogP) is 4.73. The first kappa shape index (κ1) is 21.5. The SMILES string of the molecule is COc1ccc(C(=O)CCC(=O)N/N=C(\C)c2c(C)sc3ccccc23)cc1OC. The highest BCUT2D eigenvalue weighted by atomic mass is 32.1. The second kappa shape index (κ2) is 9.54. The highest BCUT2D eigenvalue weighted by Gasteiger charge is 2.14. The molecule has 0 fully saturated rings. The maximum Gasteiger partial charge on any atom is 0.240 e. The average molecular weight is 425 g/mol. The minimum Gasteiger partial charge on any atom is -0.493 e. The van der Waals surface area contributed by atoms with E-state index in [4.69, 9.17) is 9.47 Å². The number of ether oxygens (including phenoxy) is 2. The van der Waals surface area contributed by atoms with Crippen molar-refractivity contribution < 1.29 is 19.1 Å². The van der Waals surface area contributed by atoms with Gasteiger partial charge in [0, 0.05) is 38.9 Å². The van der Waals surface area contributed by atoms with E-state index < -0.39 is 0 Å². The lowest BCUT2D eigenvalue weighted by molar-refractivity contribution is -0.121. The largest absolute Gasteiger partial charge is 0.493 e. The molecule has 0 unspecified atom stereocenters. The molecule has 0 saturated heterocycles. The molecule has 156 valence electrons. The topological polar surface area (TPSA) is 77.0 Å². The van der Waals surface area contributed by atoms with Crippen molar-refractivity contribution in [3.8, 4) is 11.5 Å². The highest BCUT2D eigenvalue weighted by molar-refractivity contribution is 7.19. The molecule has 0 spiro atoms. The van der Waals surface area contributed by atoms with Crippen LogP contribution in [0.3, 0.4) is 0 Å². The number of hydrogen-bond acceptors (Lipinski definition) is 6. The lowest BCUT2D eigenvalue weighted by Crippen LogP contribution is -2.20. The summed E-state index contributed by atoms with van der Waals surface area (Å²) < 4.78 is 11.6. The molecule has 0 aliphatic carbocycles. The summed E-state index contributed by atoms with van der Waals surface area (Å²) >= 11 is 1.70. The molecule has 1 heterocycles. The number of hydrogen-bond donors (Lipinski definition) is 1. The molecule has 0 atom stereocenters. The van der Waals surface area contributed by atoms with Crippen LogP contribution in [0.15, 0.2) is 47.6 Å². The van der Waals surface area contributed by atoms with E-state index in [0.29, 0.717) is 17.1 Å². The molecule has 6 nitrogen and oxygen atoms in total. The van der Waals surface area contributed by atoms with Crippen molar-refractivity contribution in [2.45, 2.75) is 26.7 Å². The molecule has 30 heavy (non-hydrogen) atoms. The number of hydrazone groups is 1. The van der Waals surface area contributed by atoms with Gasteiger partial charge in [0.1, 0.15) is 0 Å². The van der Waals surface area contributed by atoms with E-state index in [-0.39, 0.29) is 24.5 Å². The number of aryl methyl sites for hydroxylation is 1. The molecule has 0 aliphatic rings. The third-order valence-corrected chi connectivity index (χ3v) is 5.85. The zero-order chi connectivity index (χ0) is 21.7. The fourth-order valence-corrected chi connectivity index (χ4v) is 4.37. The molecule has 0 aliphatic heterocycles. The summed E-state index contributed by atoms with van der Waals surface area (Å²) in [4.78, 5) is 25.8. The molecule has 3 rings (SSSR count). The van der Waals surface area contributed by atoms with E-state index >= 15 is 0 Å². The Labute approximate surface area is 179 Å². The summed E-state index contributed by atoms with van der Waals surface area (Å²) in [5, 5.41) is 5.38. The molecular weight excluding hydrogens is 400 g/mol. The monoisotopic (exact) mass is 424 g/mol. The van der Waals surface area contributed by atoms with Crippen LogP contribution < -0.4 is 14.9 Å². The molecule has 2 aromatic carbocycles. The van der Waals surface area contributed by atoms with Gasteiger partial charge in [0.15, 0.2) is 17.3 Å². The van der Waals surface area contributed by atoms with Crippen LogP contribution in [0.1, 0.15) is 40.6 Å². The Balaban J connectivity index is 1.62. The number of carbonyl (C=O) groups excluding carboxylic acids is 2. The van der Waals surface area contributed by atoms with Crippen LogP contribution >= 0.6 is 11.3 Å². The van der Waals surface area contributed by atoms with Gasteiger partial charge >= 0.3 is 0 Å². The summed E-state index contributed by atoms with van der Waals surface area (Å²) in [5.41, 5.74) is 4.82. The van der Waals surface area contributed by atoms with E-state index in [1.165, 1.54) is 18.9 Å². The molecular formula is C23H24N2O4S. The molecule has 7 heteroatoms. The van der Waals surface area contributed by atoms with Crippen LogP contribution in [0.2, 0.25) is 0 Å². The standard InChI is InChI=1S/C23H24N2O4S/c1-14(23-15(2)30-21-8-6-5-7-17(21)23)24-25-22(27)12-10-18(26)16-9-11-19(28-3)20(13-16)29-4/h5-9,11,13H,10,12H2,1-4H3,(H,25,27)/b24-14+. The lowest BCUT2D eigenvalue weighted by atomic mass is 10.1. The molecule has 0 radical (unpaired) electrons. The van der Waals surface area contributed by atoms with Gasteiger partial charge in [-0.2, -0.15) is 5.10 Å². The molecule has 0 saturated carbocycles. The van der Waals surface area contributed by atoms with Crippen molar-refractivity contribution in [2.75, 3.05) is 14.2 Å². The van der Waals surface area contributed by atoms with Crippen molar-refractivity contribution in [1.29, 1.82) is 0 Å². The van der Waals surface area contributed by atoms with Gasteiger partial charge in [-0.25, -0.2) is 5.43 Å². The summed E-state index contributed by atoms with van der Waals surface area (Å²) in [6.07, 6.45) is 0.129. The third-order valence-electron chi connectivity index (χ3n) is 4.77. The number of benzene rings is 2. The summed E-state index contributed by atoms with van der Waals surface area (Å²) in [6, 6.07) is 13.1. The molecule has 1 amide bonds. The van der Waals surface area contributed by atoms with E-state index in [9.17, 15) is 9.59 Å². The summed E-state index contributed by atoms with van der Waals surface area (Å²) in [7, 11) is 3.05.